The number of pyridine rings is 1. The van der Waals surface area contributed by atoms with Gasteiger partial charge in [0.1, 0.15) is 17.0 Å². The molecule has 7 heteroatoms. The molecule has 0 saturated heterocycles. The quantitative estimate of drug-likeness (QED) is 0.612. The van der Waals surface area contributed by atoms with Crippen LogP contribution in [-0.4, -0.2) is 27.6 Å². The molecule has 0 saturated carbocycles. The van der Waals surface area contributed by atoms with Crippen molar-refractivity contribution in [2.24, 2.45) is 0 Å². The number of fused-ring (bicyclic) bond motifs is 1. The van der Waals surface area contributed by atoms with Crippen molar-refractivity contribution in [2.75, 3.05) is 7.11 Å². The zero-order chi connectivity index (χ0) is 13.3. The molecule has 2 aromatic rings. The third kappa shape index (κ3) is 2.26. The molecule has 18 heavy (non-hydrogen) atoms. The molecule has 6 nitrogen and oxygen atoms in total. The fraction of sp³-hybridized carbons (Fsp3) is 0.273. The second-order valence-corrected chi connectivity index (χ2v) is 4.44. The number of aromatic nitrogens is 3. The lowest BCUT2D eigenvalue weighted by Crippen LogP contribution is -2.28. The van der Waals surface area contributed by atoms with E-state index in [1.165, 1.54) is 11.7 Å². The molecule has 0 radical (unpaired) electrons. The molecular formula is C11H10BrN3O3. The van der Waals surface area contributed by atoms with Crippen LogP contribution in [0.1, 0.15) is 5.82 Å². The summed E-state index contributed by atoms with van der Waals surface area (Å²) < 4.78 is 6.33. The van der Waals surface area contributed by atoms with Crippen molar-refractivity contribution < 1.29 is 9.53 Å². The molecule has 94 valence electrons. The van der Waals surface area contributed by atoms with Crippen molar-refractivity contribution in [3.05, 3.63) is 32.9 Å². The van der Waals surface area contributed by atoms with Crippen molar-refractivity contribution in [3.8, 4) is 0 Å². The molecule has 0 aliphatic heterocycles. The number of hydrogen-bond acceptors (Lipinski definition) is 5. The molecule has 0 amide bonds. The van der Waals surface area contributed by atoms with Crippen molar-refractivity contribution in [1.29, 1.82) is 0 Å². The van der Waals surface area contributed by atoms with Gasteiger partial charge in [0.05, 0.1) is 12.6 Å². The second kappa shape index (κ2) is 4.85. The Morgan fingerprint density at radius 1 is 1.44 bits per heavy atom. The number of aryl methyl sites for hydroxylation is 1. The van der Waals surface area contributed by atoms with E-state index in [0.29, 0.717) is 15.9 Å². The summed E-state index contributed by atoms with van der Waals surface area (Å²) in [6.45, 7) is 1.49. The number of carbonyl (C=O) groups is 1. The van der Waals surface area contributed by atoms with E-state index < -0.39 is 5.97 Å². The monoisotopic (exact) mass is 311 g/mol. The van der Waals surface area contributed by atoms with Crippen LogP contribution in [-0.2, 0) is 16.1 Å². The number of methoxy groups -OCH3 is 1. The maximum absolute atomic E-state index is 12.2. The molecule has 0 aromatic carbocycles. The van der Waals surface area contributed by atoms with E-state index in [1.807, 2.05) is 0 Å². The van der Waals surface area contributed by atoms with Crippen molar-refractivity contribution in [3.63, 3.8) is 0 Å². The Bertz CT molecular complexity index is 681. The van der Waals surface area contributed by atoms with E-state index >= 15 is 0 Å². The summed E-state index contributed by atoms with van der Waals surface area (Å²) in [7, 11) is 1.27. The molecular weight excluding hydrogens is 302 g/mol. The van der Waals surface area contributed by atoms with Gasteiger partial charge in [0.25, 0.3) is 5.56 Å². The summed E-state index contributed by atoms with van der Waals surface area (Å²) >= 11 is 3.20. The molecule has 2 heterocycles. The molecule has 2 aromatic heterocycles. The summed E-state index contributed by atoms with van der Waals surface area (Å²) in [4.78, 5) is 31.7. The van der Waals surface area contributed by atoms with Crippen LogP contribution in [0.25, 0.3) is 11.0 Å². The Morgan fingerprint density at radius 3 is 2.83 bits per heavy atom. The molecule has 0 unspecified atom stereocenters. The van der Waals surface area contributed by atoms with E-state index in [4.69, 9.17) is 0 Å². The van der Waals surface area contributed by atoms with Crippen LogP contribution >= 0.6 is 15.9 Å². The van der Waals surface area contributed by atoms with E-state index in [9.17, 15) is 9.59 Å². The number of halogens is 1. The average molecular weight is 312 g/mol. The highest BCUT2D eigenvalue weighted by Crippen LogP contribution is 2.11. The van der Waals surface area contributed by atoms with Gasteiger partial charge in [-0.05, 0) is 35.0 Å². The van der Waals surface area contributed by atoms with Crippen LogP contribution in [0.2, 0.25) is 0 Å². The summed E-state index contributed by atoms with van der Waals surface area (Å²) in [5.74, 6) is -0.0571. The summed E-state index contributed by atoms with van der Waals surface area (Å²) in [5.41, 5.74) is 0.366. The zero-order valence-corrected chi connectivity index (χ0v) is 11.4. The van der Waals surface area contributed by atoms with Crippen molar-refractivity contribution >= 4 is 32.9 Å². The lowest BCUT2D eigenvalue weighted by Gasteiger charge is -2.08. The maximum Gasteiger partial charge on any atom is 0.325 e. The van der Waals surface area contributed by atoms with Gasteiger partial charge in [-0.1, -0.05) is 0 Å². The number of hydrogen-bond donors (Lipinski definition) is 0. The van der Waals surface area contributed by atoms with Gasteiger partial charge >= 0.3 is 5.97 Å². The number of rotatable bonds is 2. The Morgan fingerprint density at radius 2 is 2.17 bits per heavy atom. The number of carbonyl (C=O) groups excluding carboxylic acids is 1. The minimum absolute atomic E-state index is 0.168. The summed E-state index contributed by atoms with van der Waals surface area (Å²) in [6, 6.07) is 3.40. The van der Waals surface area contributed by atoms with Crippen molar-refractivity contribution in [2.45, 2.75) is 13.5 Å². The van der Waals surface area contributed by atoms with Crippen LogP contribution in [0.5, 0.6) is 0 Å². The number of ether oxygens (including phenoxy) is 1. The van der Waals surface area contributed by atoms with E-state index in [-0.39, 0.29) is 17.6 Å². The van der Waals surface area contributed by atoms with Crippen LogP contribution in [0.4, 0.5) is 0 Å². The molecule has 0 aliphatic carbocycles. The van der Waals surface area contributed by atoms with E-state index in [0.717, 1.165) is 0 Å². The minimum Gasteiger partial charge on any atom is -0.468 e. The average Bonchev–Trinajstić information content (AvgIpc) is 2.35. The number of esters is 1. The third-order valence-electron chi connectivity index (χ3n) is 2.48. The number of nitrogens with zero attached hydrogens (tertiary/aromatic N) is 3. The van der Waals surface area contributed by atoms with Gasteiger partial charge < -0.3 is 4.74 Å². The molecule has 0 fully saturated rings. The fourth-order valence-electron chi connectivity index (χ4n) is 1.56. The van der Waals surface area contributed by atoms with Crippen LogP contribution in [0, 0.1) is 6.92 Å². The highest BCUT2D eigenvalue weighted by atomic mass is 79.9. The zero-order valence-electron chi connectivity index (χ0n) is 9.81. The smallest absolute Gasteiger partial charge is 0.325 e. The second-order valence-electron chi connectivity index (χ2n) is 3.63. The van der Waals surface area contributed by atoms with Crippen molar-refractivity contribution in [1.82, 2.24) is 14.5 Å². The topological polar surface area (TPSA) is 74.1 Å². The van der Waals surface area contributed by atoms with Crippen LogP contribution < -0.4 is 5.56 Å². The SMILES string of the molecule is COC(=O)Cn1c(C)nc2ccc(Br)nc2c1=O. The Hall–Kier alpha value is -1.76. The normalized spacial score (nSPS) is 10.6. The predicted molar refractivity (Wildman–Crippen MR) is 68.3 cm³/mol. The van der Waals surface area contributed by atoms with Crippen LogP contribution in [0.3, 0.4) is 0 Å². The molecule has 2 rings (SSSR count). The highest BCUT2D eigenvalue weighted by Gasteiger charge is 2.12. The summed E-state index contributed by atoms with van der Waals surface area (Å²) in [5, 5.41) is 0. The van der Waals surface area contributed by atoms with E-state index in [1.54, 1.807) is 19.1 Å². The molecule has 0 N–H and O–H groups in total. The Labute approximate surface area is 111 Å². The van der Waals surface area contributed by atoms with Gasteiger partial charge in [-0.2, -0.15) is 0 Å². The van der Waals surface area contributed by atoms with Gasteiger partial charge in [0.15, 0.2) is 5.52 Å². The Kier molecular flexibility index (Phi) is 3.42. The first-order chi connectivity index (χ1) is 8.52. The Balaban J connectivity index is 2.67. The van der Waals surface area contributed by atoms with E-state index in [2.05, 4.69) is 30.6 Å². The van der Waals surface area contributed by atoms with Gasteiger partial charge in [-0.25, -0.2) is 9.97 Å². The van der Waals surface area contributed by atoms with Crippen LogP contribution in [0.15, 0.2) is 21.5 Å². The maximum atomic E-state index is 12.2. The molecule has 0 aliphatic rings. The highest BCUT2D eigenvalue weighted by molar-refractivity contribution is 9.10. The molecule has 0 spiro atoms. The molecule has 0 atom stereocenters. The minimum atomic E-state index is -0.503. The lowest BCUT2D eigenvalue weighted by atomic mass is 10.3. The standard InChI is InChI=1S/C11H10BrN3O3/c1-6-13-7-3-4-8(12)14-10(7)11(17)15(6)5-9(16)18-2/h3-4H,5H2,1-2H3. The molecule has 0 bridgehead atoms. The summed E-state index contributed by atoms with van der Waals surface area (Å²) in [6.07, 6.45) is 0. The predicted octanol–water partition coefficient (Wildman–Crippen LogP) is 1.04. The van der Waals surface area contributed by atoms with Gasteiger partial charge in [-0.3, -0.25) is 14.2 Å². The first-order valence-corrected chi connectivity index (χ1v) is 5.92. The van der Waals surface area contributed by atoms with Gasteiger partial charge in [0, 0.05) is 0 Å². The third-order valence-corrected chi connectivity index (χ3v) is 2.92. The first kappa shape index (κ1) is 12.7. The first-order valence-electron chi connectivity index (χ1n) is 5.13. The largest absolute Gasteiger partial charge is 0.468 e. The van der Waals surface area contributed by atoms with Gasteiger partial charge in [-0.15, -0.1) is 0 Å². The van der Waals surface area contributed by atoms with Gasteiger partial charge in [0.2, 0.25) is 0 Å². The lowest BCUT2D eigenvalue weighted by molar-refractivity contribution is -0.141. The fourth-order valence-corrected chi connectivity index (χ4v) is 1.87.